The summed E-state index contributed by atoms with van der Waals surface area (Å²) >= 11 is 0. The molecule has 0 aromatic heterocycles. The number of ether oxygens (including phenoxy) is 4. The standard InChI is InChI=1S/C38H70N6O8.H2/c1-33(38(39)48)18-15-16-22-40-36(46)31-52-29-27-50-25-23-41-37(47)32-51-28-26-49-24-17-21-35(45)20-14-12-10-8-6-4-2-3-5-7-9-11-13-19-34-30-42-44-43-34;/h33H,2-32H2,1H3,(H2,39,48)(H,40,46)(H,41,47);1H/t33-;/m1./s1. The van der Waals surface area contributed by atoms with Crippen molar-refractivity contribution in [3.05, 3.63) is 0 Å². The molecule has 0 bridgehead atoms. The molecule has 0 spiro atoms. The predicted molar refractivity (Wildman–Crippen MR) is 204 cm³/mol. The lowest BCUT2D eigenvalue weighted by atomic mass is 10.0. The molecule has 14 heteroatoms. The second-order valence-electron chi connectivity index (χ2n) is 13.6. The Kier molecular flexibility index (Phi) is 32.0. The number of hydrogen-bond acceptors (Lipinski definition) is 11. The summed E-state index contributed by atoms with van der Waals surface area (Å²) in [5, 5.41) is 17.1. The first-order valence-electron chi connectivity index (χ1n) is 20.0. The fourth-order valence-electron chi connectivity index (χ4n) is 5.54. The van der Waals surface area contributed by atoms with Crippen LogP contribution in [-0.2, 0) is 38.1 Å². The minimum Gasteiger partial charge on any atom is -0.379 e. The highest BCUT2D eigenvalue weighted by Crippen LogP contribution is 2.14. The second kappa shape index (κ2) is 35.2. The highest BCUT2D eigenvalue weighted by molar-refractivity contribution is 5.87. The fourth-order valence-corrected chi connectivity index (χ4v) is 5.54. The number of nitrogens with two attached hydrogens (primary N) is 1. The van der Waals surface area contributed by atoms with Crippen molar-refractivity contribution in [1.82, 2.24) is 10.6 Å². The van der Waals surface area contributed by atoms with E-state index in [0.717, 1.165) is 37.8 Å². The second-order valence-corrected chi connectivity index (χ2v) is 13.6. The average molecular weight is 741 g/mol. The lowest BCUT2D eigenvalue weighted by molar-refractivity contribution is -0.127. The van der Waals surface area contributed by atoms with E-state index in [4.69, 9.17) is 24.7 Å². The third kappa shape index (κ3) is 31.9. The van der Waals surface area contributed by atoms with Crippen molar-refractivity contribution in [2.75, 3.05) is 72.5 Å². The smallest absolute Gasteiger partial charge is 0.246 e. The van der Waals surface area contributed by atoms with Crippen LogP contribution in [0.25, 0.3) is 0 Å². The molecule has 3 amide bonds. The number of hydrogen-bond donors (Lipinski definition) is 3. The topological polar surface area (TPSA) is 192 Å². The number of amides is 3. The third-order valence-electron chi connectivity index (χ3n) is 8.82. The first-order chi connectivity index (χ1) is 25.4. The molecule has 1 aliphatic rings. The van der Waals surface area contributed by atoms with Crippen LogP contribution >= 0.6 is 0 Å². The third-order valence-corrected chi connectivity index (χ3v) is 8.82. The molecule has 0 radical (unpaired) electrons. The number of rotatable bonds is 39. The van der Waals surface area contributed by atoms with Crippen molar-refractivity contribution in [2.45, 2.75) is 135 Å². The van der Waals surface area contributed by atoms with Crippen molar-refractivity contribution in [3.8, 4) is 0 Å². The first-order valence-corrected chi connectivity index (χ1v) is 20.0. The number of nitrogens with zero attached hydrogens (tertiary/aromatic N) is 3. The molecule has 52 heavy (non-hydrogen) atoms. The molecular formula is C38H72N6O8. The summed E-state index contributed by atoms with van der Waals surface area (Å²) in [5.74, 6) is -0.580. The molecule has 0 unspecified atom stereocenters. The van der Waals surface area contributed by atoms with Crippen LogP contribution in [0.3, 0.4) is 0 Å². The van der Waals surface area contributed by atoms with Crippen molar-refractivity contribution in [3.63, 3.8) is 0 Å². The quantitative estimate of drug-likeness (QED) is 0.0654. The van der Waals surface area contributed by atoms with Crippen LogP contribution in [0.5, 0.6) is 0 Å². The Bertz CT molecular complexity index is 1000. The minimum atomic E-state index is -0.303. The van der Waals surface area contributed by atoms with Crippen molar-refractivity contribution in [1.29, 1.82) is 0 Å². The van der Waals surface area contributed by atoms with Crippen molar-refractivity contribution >= 4 is 29.2 Å². The van der Waals surface area contributed by atoms with Gasteiger partial charge in [0, 0.05) is 39.9 Å². The monoisotopic (exact) mass is 741 g/mol. The number of carbonyl (C=O) groups excluding carboxylic acids is 4. The van der Waals surface area contributed by atoms with Gasteiger partial charge in [-0.15, -0.1) is 5.10 Å². The van der Waals surface area contributed by atoms with Gasteiger partial charge in [-0.05, 0) is 43.7 Å². The largest absolute Gasteiger partial charge is 0.379 e. The van der Waals surface area contributed by atoms with E-state index < -0.39 is 0 Å². The van der Waals surface area contributed by atoms with E-state index in [1.165, 1.54) is 70.6 Å². The molecule has 1 rings (SSSR count). The van der Waals surface area contributed by atoms with Gasteiger partial charge in [-0.1, -0.05) is 84.0 Å². The SMILES string of the molecule is C[C@H](CCCCNC(=O)COCCOCCNC(=O)COCCOCCCC(=O)CCCCCCCCCCCCCCCC1=NN=NC1)C(N)=O.[HH]. The molecule has 0 saturated heterocycles. The fraction of sp³-hybridized carbons (Fsp3) is 0.868. The van der Waals surface area contributed by atoms with Gasteiger partial charge >= 0.3 is 0 Å². The molecular weight excluding hydrogens is 668 g/mol. The Hall–Kier alpha value is -2.81. The Morgan fingerprint density at radius 3 is 1.73 bits per heavy atom. The lowest BCUT2D eigenvalue weighted by Crippen LogP contribution is -2.31. The summed E-state index contributed by atoms with van der Waals surface area (Å²) in [6.07, 6.45) is 21.7. The van der Waals surface area contributed by atoms with Crippen LogP contribution < -0.4 is 16.4 Å². The summed E-state index contributed by atoms with van der Waals surface area (Å²) in [6.45, 7) is 5.36. The number of unbranched alkanes of at least 4 members (excludes halogenated alkanes) is 13. The Morgan fingerprint density at radius 2 is 1.15 bits per heavy atom. The summed E-state index contributed by atoms with van der Waals surface area (Å²) in [5.41, 5.74) is 6.36. The van der Waals surface area contributed by atoms with Crippen LogP contribution in [0.1, 0.15) is 137 Å². The van der Waals surface area contributed by atoms with E-state index in [9.17, 15) is 19.2 Å². The number of ketones is 1. The molecule has 0 fully saturated rings. The zero-order valence-corrected chi connectivity index (χ0v) is 32.2. The molecule has 0 aliphatic carbocycles. The molecule has 4 N–H and O–H groups in total. The van der Waals surface area contributed by atoms with Gasteiger partial charge in [-0.25, -0.2) is 0 Å². The van der Waals surface area contributed by atoms with Crippen LogP contribution in [0.2, 0.25) is 0 Å². The van der Waals surface area contributed by atoms with Gasteiger partial charge in [0.05, 0.1) is 38.7 Å². The molecule has 1 atom stereocenters. The first kappa shape index (κ1) is 47.2. The van der Waals surface area contributed by atoms with Crippen molar-refractivity contribution in [2.24, 2.45) is 27.1 Å². The minimum absolute atomic E-state index is 0. The summed E-state index contributed by atoms with van der Waals surface area (Å²) in [4.78, 5) is 46.7. The van der Waals surface area contributed by atoms with E-state index in [1.54, 1.807) is 6.92 Å². The van der Waals surface area contributed by atoms with Gasteiger partial charge in [0.1, 0.15) is 25.5 Å². The maximum Gasteiger partial charge on any atom is 0.246 e. The molecule has 1 aliphatic heterocycles. The Morgan fingerprint density at radius 1 is 0.635 bits per heavy atom. The van der Waals surface area contributed by atoms with Gasteiger partial charge < -0.3 is 35.3 Å². The number of Topliss-reactive ketones (excluding diaryl/α,β-unsaturated/α-hetero) is 1. The summed E-state index contributed by atoms with van der Waals surface area (Å²) in [7, 11) is 0. The normalized spacial score (nSPS) is 12.9. The van der Waals surface area contributed by atoms with Crippen LogP contribution in [0.15, 0.2) is 15.4 Å². The highest BCUT2D eigenvalue weighted by atomic mass is 16.5. The Balaban J connectivity index is 0.0000270. The Labute approximate surface area is 314 Å². The summed E-state index contributed by atoms with van der Waals surface area (Å²) < 4.78 is 21.5. The van der Waals surface area contributed by atoms with E-state index in [0.29, 0.717) is 84.1 Å². The predicted octanol–water partition coefficient (Wildman–Crippen LogP) is 5.85. The molecule has 1 heterocycles. The van der Waals surface area contributed by atoms with Gasteiger partial charge in [0.2, 0.25) is 17.7 Å². The van der Waals surface area contributed by atoms with E-state index in [-0.39, 0.29) is 44.9 Å². The van der Waals surface area contributed by atoms with Gasteiger partial charge in [-0.2, -0.15) is 5.11 Å². The number of carbonyl (C=O) groups is 4. The molecule has 0 aromatic rings. The zero-order chi connectivity index (χ0) is 37.7. The van der Waals surface area contributed by atoms with Crippen LogP contribution in [-0.4, -0.2) is 102 Å². The van der Waals surface area contributed by atoms with E-state index in [2.05, 4.69) is 26.1 Å². The molecule has 0 aromatic carbocycles. The zero-order valence-electron chi connectivity index (χ0n) is 32.2. The maximum absolute atomic E-state index is 12.1. The maximum atomic E-state index is 12.1. The number of nitrogens with one attached hydrogen (secondary N) is 2. The molecule has 14 nitrogen and oxygen atoms in total. The van der Waals surface area contributed by atoms with Crippen LogP contribution in [0, 0.1) is 5.92 Å². The van der Waals surface area contributed by atoms with E-state index >= 15 is 0 Å². The van der Waals surface area contributed by atoms with Gasteiger partial charge in [-0.3, -0.25) is 19.2 Å². The van der Waals surface area contributed by atoms with Gasteiger partial charge in [0.25, 0.3) is 0 Å². The van der Waals surface area contributed by atoms with Gasteiger partial charge in [0.15, 0.2) is 0 Å². The average Bonchev–Trinajstić information content (AvgIpc) is 3.65. The highest BCUT2D eigenvalue weighted by Gasteiger charge is 2.08. The molecule has 302 valence electrons. The van der Waals surface area contributed by atoms with Crippen molar-refractivity contribution < 1.29 is 39.6 Å². The lowest BCUT2D eigenvalue weighted by Gasteiger charge is -2.09. The van der Waals surface area contributed by atoms with E-state index in [1.807, 2.05) is 0 Å². The number of primary amides is 1. The van der Waals surface area contributed by atoms with Crippen LogP contribution in [0.4, 0.5) is 0 Å². The summed E-state index contributed by atoms with van der Waals surface area (Å²) in [6, 6.07) is 0. The molecule has 0 saturated carbocycles.